The predicted molar refractivity (Wildman–Crippen MR) is 99.0 cm³/mol. The first kappa shape index (κ1) is 17.8. The van der Waals surface area contributed by atoms with Gasteiger partial charge in [-0.1, -0.05) is 30.3 Å². The van der Waals surface area contributed by atoms with Crippen LogP contribution in [0.15, 0.2) is 30.3 Å². The average Bonchev–Trinajstić information content (AvgIpc) is 3.24. The molecule has 6 atom stereocenters. The minimum atomic E-state index is 0. The normalized spacial score (nSPS) is 37.5. The van der Waals surface area contributed by atoms with Crippen molar-refractivity contribution in [3.05, 3.63) is 35.9 Å². The highest BCUT2D eigenvalue weighted by Gasteiger charge is 2.51. The number of benzene rings is 1. The lowest BCUT2D eigenvalue weighted by Gasteiger charge is -2.33. The highest BCUT2D eigenvalue weighted by atomic mass is 35.5. The summed E-state index contributed by atoms with van der Waals surface area (Å²) in [4.78, 5) is 15.3. The smallest absolute Gasteiger partial charge is 0.227 e. The van der Waals surface area contributed by atoms with E-state index < -0.39 is 0 Å². The van der Waals surface area contributed by atoms with Gasteiger partial charge in [-0.15, -0.1) is 12.4 Å². The van der Waals surface area contributed by atoms with Crippen molar-refractivity contribution in [1.82, 2.24) is 4.90 Å². The third-order valence-electron chi connectivity index (χ3n) is 6.80. The predicted octanol–water partition coefficient (Wildman–Crippen LogP) is 3.26. The number of nitrogens with zero attached hydrogens (tertiary/aromatic N) is 1. The topological polar surface area (TPSA) is 46.3 Å². The van der Waals surface area contributed by atoms with Gasteiger partial charge in [0.15, 0.2) is 0 Å². The van der Waals surface area contributed by atoms with Crippen molar-refractivity contribution < 1.29 is 4.79 Å². The Morgan fingerprint density at radius 2 is 1.88 bits per heavy atom. The van der Waals surface area contributed by atoms with E-state index in [-0.39, 0.29) is 24.4 Å². The van der Waals surface area contributed by atoms with Crippen molar-refractivity contribution in [1.29, 1.82) is 0 Å². The SMILES string of the molecule is CC1C(Cc2ccccc2)CCN1C(=O)C1C2CCC(C2)C1N.Cl. The number of amides is 1. The first-order valence-corrected chi connectivity index (χ1v) is 9.25. The molecule has 2 N–H and O–H groups in total. The third kappa shape index (κ3) is 2.97. The number of nitrogens with two attached hydrogens (primary N) is 1. The van der Waals surface area contributed by atoms with Gasteiger partial charge in [-0.05, 0) is 62.3 Å². The van der Waals surface area contributed by atoms with Gasteiger partial charge in [0.25, 0.3) is 0 Å². The second-order valence-corrected chi connectivity index (χ2v) is 7.95. The zero-order chi connectivity index (χ0) is 16.0. The zero-order valence-corrected chi connectivity index (χ0v) is 15.3. The Labute approximate surface area is 151 Å². The van der Waals surface area contributed by atoms with Crippen LogP contribution in [0.2, 0.25) is 0 Å². The molecule has 1 aliphatic heterocycles. The van der Waals surface area contributed by atoms with Crippen LogP contribution in [0.5, 0.6) is 0 Å². The standard InChI is InChI=1S/C20H28N2O.ClH/c1-13-15(11-14-5-3-2-4-6-14)9-10-22(13)20(23)18-16-7-8-17(12-16)19(18)21;/h2-6,13,15-19H,7-12,21H2,1H3;1H. The van der Waals surface area contributed by atoms with E-state index in [0.717, 1.165) is 19.4 Å². The monoisotopic (exact) mass is 348 g/mol. The first-order chi connectivity index (χ1) is 11.1. The number of halogens is 1. The van der Waals surface area contributed by atoms with Gasteiger partial charge in [0.05, 0.1) is 5.92 Å². The summed E-state index contributed by atoms with van der Waals surface area (Å²) in [6.07, 6.45) is 5.84. The number of carbonyl (C=O) groups excluding carboxylic acids is 1. The molecule has 2 bridgehead atoms. The summed E-state index contributed by atoms with van der Waals surface area (Å²) in [6.45, 7) is 3.15. The van der Waals surface area contributed by atoms with E-state index in [1.807, 2.05) is 0 Å². The lowest BCUT2D eigenvalue weighted by atomic mass is 9.83. The molecular weight excluding hydrogens is 320 g/mol. The molecule has 1 aromatic carbocycles. The highest BCUT2D eigenvalue weighted by Crippen LogP contribution is 2.48. The number of rotatable bonds is 3. The van der Waals surface area contributed by atoms with Crippen molar-refractivity contribution >= 4 is 18.3 Å². The van der Waals surface area contributed by atoms with E-state index in [4.69, 9.17) is 5.73 Å². The van der Waals surface area contributed by atoms with Crippen LogP contribution in [-0.4, -0.2) is 29.4 Å². The van der Waals surface area contributed by atoms with E-state index in [1.54, 1.807) is 0 Å². The number of hydrogen-bond donors (Lipinski definition) is 1. The van der Waals surface area contributed by atoms with Crippen LogP contribution in [0.1, 0.15) is 38.2 Å². The molecule has 0 spiro atoms. The average molecular weight is 349 g/mol. The van der Waals surface area contributed by atoms with Crippen LogP contribution in [-0.2, 0) is 11.2 Å². The molecule has 1 saturated heterocycles. The Hall–Kier alpha value is -1.06. The Bertz CT molecular complexity index is 576. The maximum absolute atomic E-state index is 13.1. The zero-order valence-electron chi connectivity index (χ0n) is 14.4. The van der Waals surface area contributed by atoms with Gasteiger partial charge in [-0.2, -0.15) is 0 Å². The van der Waals surface area contributed by atoms with E-state index >= 15 is 0 Å². The minimum Gasteiger partial charge on any atom is -0.339 e. The molecular formula is C20H29ClN2O. The van der Waals surface area contributed by atoms with Crippen molar-refractivity contribution in [2.75, 3.05) is 6.54 Å². The van der Waals surface area contributed by atoms with Crippen molar-refractivity contribution in [3.63, 3.8) is 0 Å². The molecule has 0 radical (unpaired) electrons. The largest absolute Gasteiger partial charge is 0.339 e. The maximum Gasteiger partial charge on any atom is 0.227 e. The van der Waals surface area contributed by atoms with E-state index in [1.165, 1.54) is 24.8 Å². The number of likely N-dealkylation sites (tertiary alicyclic amines) is 1. The Morgan fingerprint density at radius 3 is 2.54 bits per heavy atom. The lowest BCUT2D eigenvalue weighted by Crippen LogP contribution is -2.48. The third-order valence-corrected chi connectivity index (χ3v) is 6.80. The minimum absolute atomic E-state index is 0. The van der Waals surface area contributed by atoms with Crippen LogP contribution >= 0.6 is 12.4 Å². The van der Waals surface area contributed by atoms with Gasteiger partial charge in [0, 0.05) is 18.6 Å². The summed E-state index contributed by atoms with van der Waals surface area (Å²) in [7, 11) is 0. The Kier molecular flexibility index (Phi) is 5.22. The molecule has 2 saturated carbocycles. The number of hydrogen-bond acceptors (Lipinski definition) is 2. The summed E-state index contributed by atoms with van der Waals surface area (Å²) in [5.41, 5.74) is 7.77. The van der Waals surface area contributed by atoms with Gasteiger partial charge >= 0.3 is 0 Å². The van der Waals surface area contributed by atoms with Crippen LogP contribution in [0.3, 0.4) is 0 Å². The van der Waals surface area contributed by atoms with Gasteiger partial charge in [-0.25, -0.2) is 0 Å². The second-order valence-electron chi connectivity index (χ2n) is 7.95. The number of fused-ring (bicyclic) bond motifs is 2. The Morgan fingerprint density at radius 1 is 1.17 bits per heavy atom. The molecule has 6 unspecified atom stereocenters. The van der Waals surface area contributed by atoms with Gasteiger partial charge in [-0.3, -0.25) is 4.79 Å². The van der Waals surface area contributed by atoms with Crippen molar-refractivity contribution in [3.8, 4) is 0 Å². The quantitative estimate of drug-likeness (QED) is 0.911. The molecule has 3 nitrogen and oxygen atoms in total. The van der Waals surface area contributed by atoms with E-state index in [9.17, 15) is 4.79 Å². The molecule has 4 rings (SSSR count). The van der Waals surface area contributed by atoms with Crippen LogP contribution < -0.4 is 5.73 Å². The molecule has 1 amide bonds. The van der Waals surface area contributed by atoms with Crippen LogP contribution in [0.25, 0.3) is 0 Å². The van der Waals surface area contributed by atoms with Crippen LogP contribution in [0.4, 0.5) is 0 Å². The molecule has 1 aromatic rings. The fourth-order valence-corrected chi connectivity index (χ4v) is 5.40. The molecule has 132 valence electrons. The summed E-state index contributed by atoms with van der Waals surface area (Å²) in [5, 5.41) is 0. The van der Waals surface area contributed by atoms with Gasteiger partial charge in [0.2, 0.25) is 5.91 Å². The molecule has 2 aliphatic carbocycles. The molecule has 3 aliphatic rings. The molecule has 0 aromatic heterocycles. The maximum atomic E-state index is 13.1. The molecule has 24 heavy (non-hydrogen) atoms. The molecule has 4 heteroatoms. The Balaban J connectivity index is 0.00000169. The van der Waals surface area contributed by atoms with E-state index in [2.05, 4.69) is 42.2 Å². The van der Waals surface area contributed by atoms with Crippen LogP contribution in [0, 0.1) is 23.7 Å². The summed E-state index contributed by atoms with van der Waals surface area (Å²) < 4.78 is 0. The van der Waals surface area contributed by atoms with E-state index in [0.29, 0.717) is 29.7 Å². The lowest BCUT2D eigenvalue weighted by molar-refractivity contribution is -0.138. The molecule has 3 fully saturated rings. The molecule has 1 heterocycles. The summed E-state index contributed by atoms with van der Waals surface area (Å²) in [5.74, 6) is 2.20. The number of carbonyl (C=O) groups is 1. The second kappa shape index (κ2) is 7.05. The van der Waals surface area contributed by atoms with Gasteiger partial charge < -0.3 is 10.6 Å². The van der Waals surface area contributed by atoms with Crippen molar-refractivity contribution in [2.24, 2.45) is 29.4 Å². The summed E-state index contributed by atoms with van der Waals surface area (Å²) in [6, 6.07) is 11.1. The first-order valence-electron chi connectivity index (χ1n) is 9.25. The fourth-order valence-electron chi connectivity index (χ4n) is 5.40. The summed E-state index contributed by atoms with van der Waals surface area (Å²) >= 11 is 0. The van der Waals surface area contributed by atoms with Gasteiger partial charge in [0.1, 0.15) is 0 Å². The highest BCUT2D eigenvalue weighted by molar-refractivity contribution is 5.85. The fraction of sp³-hybridized carbons (Fsp3) is 0.650. The van der Waals surface area contributed by atoms with Crippen molar-refractivity contribution in [2.45, 2.75) is 51.1 Å².